The number of halogens is 5. The first-order valence-corrected chi connectivity index (χ1v) is 3.44. The van der Waals surface area contributed by atoms with Crippen molar-refractivity contribution in [3.05, 3.63) is 24.3 Å². The van der Waals surface area contributed by atoms with Crippen molar-refractivity contribution in [2.45, 2.75) is 6.30 Å². The predicted octanol–water partition coefficient (Wildman–Crippen LogP) is 3.19. The molecule has 0 aromatic heterocycles. The average Bonchev–Trinajstić information content (AvgIpc) is 2.15. The van der Waals surface area contributed by atoms with Gasteiger partial charge < -0.3 is 0 Å². The highest BCUT2D eigenvalue weighted by Gasteiger charge is 2.38. The molecule has 1 aromatic rings. The van der Waals surface area contributed by atoms with Crippen LogP contribution < -0.4 is 10.7 Å². The lowest BCUT2D eigenvalue weighted by Gasteiger charge is -2.16. The van der Waals surface area contributed by atoms with Gasteiger partial charge in [0.25, 0.3) is 0 Å². The maximum atomic E-state index is 12.5. The van der Waals surface area contributed by atoms with E-state index in [1.165, 1.54) is 0 Å². The Balaban J connectivity index is 2.95. The second-order valence-corrected chi connectivity index (χ2v) is 2.39. The minimum Gasteiger partial charge on any atom is -0.224 e. The maximum absolute atomic E-state index is 12.5. The Morgan fingerprint density at radius 2 is 1.86 bits per heavy atom. The summed E-state index contributed by atoms with van der Waals surface area (Å²) in [5.74, 6) is 0. The summed E-state index contributed by atoms with van der Waals surface area (Å²) in [6, 6.07) is 3.81. The molecule has 0 aliphatic rings. The SMILES string of the molecule is FNc1cccc(N(F)C(F)(F)F)c1. The van der Waals surface area contributed by atoms with Gasteiger partial charge in [-0.1, -0.05) is 10.5 Å². The summed E-state index contributed by atoms with van der Waals surface area (Å²) in [5, 5.41) is -1.39. The van der Waals surface area contributed by atoms with Crippen molar-refractivity contribution in [1.29, 1.82) is 0 Å². The summed E-state index contributed by atoms with van der Waals surface area (Å²) in [7, 11) is 0. The molecule has 0 bridgehead atoms. The number of hydrogen-bond acceptors (Lipinski definition) is 2. The fourth-order valence-corrected chi connectivity index (χ4v) is 0.833. The van der Waals surface area contributed by atoms with Crippen molar-refractivity contribution < 1.29 is 22.1 Å². The Labute approximate surface area is 75.8 Å². The van der Waals surface area contributed by atoms with Crippen LogP contribution in [0, 0.1) is 0 Å². The standard InChI is InChI=1S/C7H5F5N2/c8-7(9,10)14(12)6-3-1-2-5(4-6)13-11/h1-4,13H. The van der Waals surface area contributed by atoms with Crippen LogP contribution in [-0.2, 0) is 0 Å². The highest BCUT2D eigenvalue weighted by atomic mass is 19.4. The zero-order valence-corrected chi connectivity index (χ0v) is 6.65. The van der Waals surface area contributed by atoms with Gasteiger partial charge in [-0.25, -0.2) is 5.54 Å². The number of rotatable bonds is 2. The summed E-state index contributed by atoms with van der Waals surface area (Å²) in [6.07, 6.45) is -5.13. The van der Waals surface area contributed by atoms with Crippen molar-refractivity contribution in [2.24, 2.45) is 0 Å². The molecule has 0 aliphatic heterocycles. The summed E-state index contributed by atoms with van der Waals surface area (Å²) in [5.41, 5.74) is 0.0663. The molecule has 7 heteroatoms. The van der Waals surface area contributed by atoms with Crippen LogP contribution in [0.5, 0.6) is 0 Å². The second-order valence-electron chi connectivity index (χ2n) is 2.39. The first-order valence-electron chi connectivity index (χ1n) is 3.44. The zero-order valence-electron chi connectivity index (χ0n) is 6.65. The van der Waals surface area contributed by atoms with Crippen molar-refractivity contribution in [3.63, 3.8) is 0 Å². The van der Waals surface area contributed by atoms with Gasteiger partial charge in [0.2, 0.25) is 0 Å². The van der Waals surface area contributed by atoms with E-state index in [-0.39, 0.29) is 5.69 Å². The molecular weight excluding hydrogens is 207 g/mol. The highest BCUT2D eigenvalue weighted by molar-refractivity contribution is 5.56. The molecule has 0 heterocycles. The third-order valence-electron chi connectivity index (χ3n) is 1.40. The van der Waals surface area contributed by atoms with Gasteiger partial charge in [0.05, 0.1) is 11.4 Å². The molecule has 0 radical (unpaired) electrons. The molecule has 2 nitrogen and oxygen atoms in total. The number of anilines is 2. The molecule has 0 saturated carbocycles. The van der Waals surface area contributed by atoms with Gasteiger partial charge in [-0.2, -0.15) is 0 Å². The Morgan fingerprint density at radius 3 is 2.36 bits per heavy atom. The van der Waals surface area contributed by atoms with Crippen LogP contribution in [0.25, 0.3) is 0 Å². The molecule has 1 rings (SSSR count). The van der Waals surface area contributed by atoms with E-state index in [0.717, 1.165) is 23.7 Å². The van der Waals surface area contributed by atoms with Gasteiger partial charge in [0, 0.05) is 0 Å². The number of benzene rings is 1. The topological polar surface area (TPSA) is 15.3 Å². The van der Waals surface area contributed by atoms with Crippen LogP contribution in [0.2, 0.25) is 0 Å². The lowest BCUT2D eigenvalue weighted by molar-refractivity contribution is -0.157. The molecular formula is C7H5F5N2. The van der Waals surface area contributed by atoms with Crippen LogP contribution >= 0.6 is 0 Å². The fraction of sp³-hybridized carbons (Fsp3) is 0.143. The molecule has 0 saturated heterocycles. The normalized spacial score (nSPS) is 11.2. The van der Waals surface area contributed by atoms with E-state index < -0.39 is 17.1 Å². The molecule has 0 spiro atoms. The van der Waals surface area contributed by atoms with E-state index in [1.54, 1.807) is 0 Å². The van der Waals surface area contributed by atoms with E-state index in [9.17, 15) is 22.1 Å². The predicted molar refractivity (Wildman–Crippen MR) is 40.8 cm³/mol. The average molecular weight is 212 g/mol. The first kappa shape index (κ1) is 10.6. The number of alkyl halides is 3. The first-order chi connectivity index (χ1) is 6.45. The van der Waals surface area contributed by atoms with Crippen molar-refractivity contribution in [3.8, 4) is 0 Å². The smallest absolute Gasteiger partial charge is 0.224 e. The Kier molecular flexibility index (Phi) is 2.78. The van der Waals surface area contributed by atoms with Crippen molar-refractivity contribution in [1.82, 2.24) is 0 Å². The number of nitrogens with zero attached hydrogens (tertiary/aromatic N) is 1. The van der Waals surface area contributed by atoms with Crippen LogP contribution in [0.3, 0.4) is 0 Å². The zero-order chi connectivity index (χ0) is 10.8. The minimum atomic E-state index is -5.13. The van der Waals surface area contributed by atoms with E-state index >= 15 is 0 Å². The third-order valence-corrected chi connectivity index (χ3v) is 1.40. The maximum Gasteiger partial charge on any atom is 0.512 e. The lowest BCUT2D eigenvalue weighted by Crippen LogP contribution is -2.30. The van der Waals surface area contributed by atoms with Gasteiger partial charge in [-0.3, -0.25) is 0 Å². The summed E-state index contributed by atoms with van der Waals surface area (Å²) in [4.78, 5) is 0. The molecule has 1 N–H and O–H groups in total. The van der Waals surface area contributed by atoms with Gasteiger partial charge in [0.1, 0.15) is 0 Å². The Morgan fingerprint density at radius 1 is 1.21 bits per heavy atom. The molecule has 0 aliphatic carbocycles. The van der Waals surface area contributed by atoms with Crippen LogP contribution in [0.15, 0.2) is 24.3 Å². The van der Waals surface area contributed by atoms with E-state index in [1.807, 2.05) is 0 Å². The van der Waals surface area contributed by atoms with Crippen LogP contribution in [-0.4, -0.2) is 6.30 Å². The van der Waals surface area contributed by atoms with Gasteiger partial charge >= 0.3 is 6.30 Å². The van der Waals surface area contributed by atoms with E-state index in [0.29, 0.717) is 6.07 Å². The Bertz CT molecular complexity index is 311. The molecule has 78 valence electrons. The lowest BCUT2D eigenvalue weighted by atomic mass is 10.3. The molecule has 0 atom stereocenters. The quantitative estimate of drug-likeness (QED) is 0.460. The molecule has 14 heavy (non-hydrogen) atoms. The third kappa shape index (κ3) is 2.24. The van der Waals surface area contributed by atoms with Gasteiger partial charge in [0.15, 0.2) is 0 Å². The highest BCUT2D eigenvalue weighted by Crippen LogP contribution is 2.30. The summed E-state index contributed by atoms with van der Waals surface area (Å²) >= 11 is 0. The van der Waals surface area contributed by atoms with Crippen molar-refractivity contribution in [2.75, 3.05) is 10.7 Å². The Hall–Kier alpha value is -1.53. The molecule has 0 unspecified atom stereocenters. The monoisotopic (exact) mass is 212 g/mol. The summed E-state index contributed by atoms with van der Waals surface area (Å²) < 4.78 is 59.7. The largest absolute Gasteiger partial charge is 0.512 e. The van der Waals surface area contributed by atoms with Crippen LogP contribution in [0.1, 0.15) is 0 Å². The number of nitrogens with one attached hydrogen (secondary N) is 1. The van der Waals surface area contributed by atoms with Gasteiger partial charge in [-0.15, -0.1) is 22.8 Å². The van der Waals surface area contributed by atoms with Crippen molar-refractivity contribution >= 4 is 11.4 Å². The number of hydrogen-bond donors (Lipinski definition) is 1. The minimum absolute atomic E-state index is 0.255. The van der Waals surface area contributed by atoms with E-state index in [4.69, 9.17) is 0 Å². The molecule has 1 aromatic carbocycles. The van der Waals surface area contributed by atoms with Crippen LogP contribution in [0.4, 0.5) is 33.5 Å². The summed E-state index contributed by atoms with van der Waals surface area (Å²) in [6.45, 7) is 0. The second kappa shape index (κ2) is 3.69. The fourth-order valence-electron chi connectivity index (χ4n) is 0.833. The molecule has 0 amide bonds. The molecule has 0 fully saturated rings. The van der Waals surface area contributed by atoms with E-state index in [2.05, 4.69) is 0 Å². The van der Waals surface area contributed by atoms with Gasteiger partial charge in [-0.05, 0) is 18.2 Å².